The van der Waals surface area contributed by atoms with Crippen LogP contribution in [0.5, 0.6) is 0 Å². The number of esters is 1. The number of carbonyl (C=O) groups is 2. The van der Waals surface area contributed by atoms with Gasteiger partial charge in [0.15, 0.2) is 0 Å². The molecule has 43 heavy (non-hydrogen) atoms. The predicted molar refractivity (Wildman–Crippen MR) is 160 cm³/mol. The Kier molecular flexibility index (Phi) is 9.13. The molecule has 1 N–H and O–H groups in total. The average molecular weight is 583 g/mol. The first-order chi connectivity index (χ1) is 20.8. The molecule has 3 aromatic carbocycles. The molecule has 4 aromatic rings. The molecular formula is C34H34N2O7. The number of ketones is 1. The number of rotatable bonds is 11. The molecule has 0 spiro atoms. The molecule has 0 bridgehead atoms. The lowest BCUT2D eigenvalue weighted by Crippen LogP contribution is -2.39. The van der Waals surface area contributed by atoms with E-state index in [-0.39, 0.29) is 31.7 Å². The van der Waals surface area contributed by atoms with E-state index in [0.29, 0.717) is 5.56 Å². The molecule has 0 aliphatic carbocycles. The Balaban J connectivity index is 1.52. The standard InChI is InChI=1S/C34H34N2O7/c1-23-21-36(33(40)35-32(23)39)30-20-28(43-31(38)19-18-24(2)37)29(42-30)22-41-34(25-12-6-3-7-13-25,26-14-8-4-9-15-26)27-16-10-5-11-17-27/h3-17,21,28-30H,18-20,22H2,1-2H3,(H,35,39,40)/t28-,29-,30-/m1/s1. The highest BCUT2D eigenvalue weighted by molar-refractivity contribution is 5.81. The maximum atomic E-state index is 12.7. The van der Waals surface area contributed by atoms with Crippen molar-refractivity contribution >= 4 is 11.8 Å². The van der Waals surface area contributed by atoms with Gasteiger partial charge in [-0.25, -0.2) is 4.79 Å². The van der Waals surface area contributed by atoms with Crippen LogP contribution in [0.3, 0.4) is 0 Å². The zero-order valence-corrected chi connectivity index (χ0v) is 24.1. The summed E-state index contributed by atoms with van der Waals surface area (Å²) < 4.78 is 20.4. The van der Waals surface area contributed by atoms with E-state index >= 15 is 0 Å². The second-order valence-electron chi connectivity index (χ2n) is 10.7. The van der Waals surface area contributed by atoms with Gasteiger partial charge in [-0.05, 0) is 30.5 Å². The highest BCUT2D eigenvalue weighted by atomic mass is 16.6. The lowest BCUT2D eigenvalue weighted by molar-refractivity contribution is -0.156. The van der Waals surface area contributed by atoms with Crippen molar-refractivity contribution in [3.8, 4) is 0 Å². The minimum atomic E-state index is -1.04. The van der Waals surface area contributed by atoms with Gasteiger partial charge in [-0.3, -0.25) is 19.1 Å². The SMILES string of the molecule is CC(=O)CCC(=O)O[C@@H]1C[C@H](n2cc(C)c(=O)[nH]c2=O)O[C@@H]1COC(c1ccccc1)(c1ccccc1)c1ccccc1. The van der Waals surface area contributed by atoms with Gasteiger partial charge in [-0.1, -0.05) is 91.0 Å². The molecule has 1 aliphatic rings. The molecule has 0 saturated carbocycles. The second kappa shape index (κ2) is 13.1. The molecule has 3 atom stereocenters. The summed E-state index contributed by atoms with van der Waals surface area (Å²) in [6.45, 7) is 3.01. The van der Waals surface area contributed by atoms with Gasteiger partial charge >= 0.3 is 11.7 Å². The van der Waals surface area contributed by atoms with Gasteiger partial charge in [0.05, 0.1) is 13.0 Å². The fourth-order valence-corrected chi connectivity index (χ4v) is 5.43. The van der Waals surface area contributed by atoms with Gasteiger partial charge in [-0.15, -0.1) is 0 Å². The second-order valence-corrected chi connectivity index (χ2v) is 10.7. The van der Waals surface area contributed by atoms with E-state index in [0.717, 1.165) is 16.7 Å². The molecule has 1 aromatic heterocycles. The Bertz CT molecular complexity index is 1570. The third-order valence-electron chi connectivity index (χ3n) is 7.61. The summed E-state index contributed by atoms with van der Waals surface area (Å²) >= 11 is 0. The van der Waals surface area contributed by atoms with Gasteiger partial charge in [0, 0.05) is 24.6 Å². The highest BCUT2D eigenvalue weighted by Gasteiger charge is 2.43. The van der Waals surface area contributed by atoms with E-state index in [2.05, 4.69) is 4.98 Å². The lowest BCUT2D eigenvalue weighted by atomic mass is 9.80. The van der Waals surface area contributed by atoms with Crippen molar-refractivity contribution in [1.29, 1.82) is 0 Å². The van der Waals surface area contributed by atoms with E-state index in [4.69, 9.17) is 14.2 Å². The normalized spacial score (nSPS) is 18.3. The van der Waals surface area contributed by atoms with E-state index in [1.54, 1.807) is 6.92 Å². The summed E-state index contributed by atoms with van der Waals surface area (Å²) in [7, 11) is 0. The van der Waals surface area contributed by atoms with Gasteiger partial charge < -0.3 is 19.0 Å². The van der Waals surface area contributed by atoms with Gasteiger partial charge in [0.2, 0.25) is 0 Å². The minimum absolute atomic E-state index is 0.00305. The number of aryl methyl sites for hydroxylation is 1. The maximum Gasteiger partial charge on any atom is 0.330 e. The van der Waals surface area contributed by atoms with Crippen LogP contribution in [0.1, 0.15) is 54.7 Å². The van der Waals surface area contributed by atoms with Crippen molar-refractivity contribution in [2.24, 2.45) is 0 Å². The molecule has 1 aliphatic heterocycles. The van der Waals surface area contributed by atoms with Crippen molar-refractivity contribution in [1.82, 2.24) is 9.55 Å². The molecule has 2 heterocycles. The number of H-pyrrole nitrogens is 1. The third kappa shape index (κ3) is 6.58. The van der Waals surface area contributed by atoms with Crippen molar-refractivity contribution in [3.63, 3.8) is 0 Å². The van der Waals surface area contributed by atoms with Crippen LogP contribution in [0.4, 0.5) is 0 Å². The predicted octanol–water partition coefficient (Wildman–Crippen LogP) is 4.42. The summed E-state index contributed by atoms with van der Waals surface area (Å²) in [5.41, 5.74) is 0.869. The quantitative estimate of drug-likeness (QED) is 0.206. The Morgan fingerprint density at radius 1 is 0.884 bits per heavy atom. The molecular weight excluding hydrogens is 548 g/mol. The smallest absolute Gasteiger partial charge is 0.330 e. The Hall–Kier alpha value is -4.60. The lowest BCUT2D eigenvalue weighted by Gasteiger charge is -2.37. The van der Waals surface area contributed by atoms with Crippen molar-refractivity contribution in [2.45, 2.75) is 57.1 Å². The van der Waals surface area contributed by atoms with Crippen LogP contribution in [-0.4, -0.2) is 40.1 Å². The first kappa shape index (κ1) is 29.9. The number of hydrogen-bond donors (Lipinski definition) is 1. The zero-order valence-electron chi connectivity index (χ0n) is 24.1. The number of ether oxygens (including phenoxy) is 3. The molecule has 5 rings (SSSR count). The first-order valence-corrected chi connectivity index (χ1v) is 14.2. The monoisotopic (exact) mass is 582 g/mol. The fourth-order valence-electron chi connectivity index (χ4n) is 5.43. The number of carbonyl (C=O) groups excluding carboxylic acids is 2. The van der Waals surface area contributed by atoms with E-state index in [1.807, 2.05) is 91.0 Å². The molecule has 1 fully saturated rings. The Morgan fingerprint density at radius 3 is 1.93 bits per heavy atom. The molecule has 1 saturated heterocycles. The van der Waals surface area contributed by atoms with Crippen molar-refractivity contribution in [3.05, 3.63) is 140 Å². The number of aromatic amines is 1. The minimum Gasteiger partial charge on any atom is -0.459 e. The summed E-state index contributed by atoms with van der Waals surface area (Å²) in [6, 6.07) is 29.5. The van der Waals surface area contributed by atoms with E-state index in [1.165, 1.54) is 17.7 Å². The van der Waals surface area contributed by atoms with Crippen LogP contribution >= 0.6 is 0 Å². The summed E-state index contributed by atoms with van der Waals surface area (Å²) in [5, 5.41) is 0. The summed E-state index contributed by atoms with van der Waals surface area (Å²) in [4.78, 5) is 51.2. The third-order valence-corrected chi connectivity index (χ3v) is 7.61. The Labute approximate surface area is 249 Å². The number of aromatic nitrogens is 2. The summed E-state index contributed by atoms with van der Waals surface area (Å²) in [6.07, 6.45) is -0.767. The van der Waals surface area contributed by atoms with Crippen LogP contribution in [0.25, 0.3) is 0 Å². The number of nitrogens with one attached hydrogen (secondary N) is 1. The van der Waals surface area contributed by atoms with E-state index in [9.17, 15) is 19.2 Å². The zero-order chi connectivity index (χ0) is 30.4. The van der Waals surface area contributed by atoms with Gasteiger partial charge in [0.25, 0.3) is 5.56 Å². The molecule has 222 valence electrons. The molecule has 9 heteroatoms. The number of Topliss-reactive ketones (excluding diaryl/α,β-unsaturated/α-hetero) is 1. The number of hydrogen-bond acceptors (Lipinski definition) is 7. The maximum absolute atomic E-state index is 12.7. The average Bonchev–Trinajstić information content (AvgIpc) is 3.41. The van der Waals surface area contributed by atoms with Gasteiger partial charge in [-0.2, -0.15) is 0 Å². The van der Waals surface area contributed by atoms with Crippen LogP contribution in [0, 0.1) is 6.92 Å². The van der Waals surface area contributed by atoms with Crippen LogP contribution in [0.15, 0.2) is 107 Å². The van der Waals surface area contributed by atoms with Crippen molar-refractivity contribution < 1.29 is 23.8 Å². The van der Waals surface area contributed by atoms with Crippen LogP contribution in [-0.2, 0) is 29.4 Å². The topological polar surface area (TPSA) is 117 Å². The van der Waals surface area contributed by atoms with E-state index < -0.39 is 41.3 Å². The molecule has 9 nitrogen and oxygen atoms in total. The highest BCUT2D eigenvalue weighted by Crippen LogP contribution is 2.42. The molecule has 0 radical (unpaired) electrons. The number of nitrogens with zero attached hydrogens (tertiary/aromatic N) is 1. The van der Waals surface area contributed by atoms with Crippen LogP contribution < -0.4 is 11.2 Å². The van der Waals surface area contributed by atoms with Crippen LogP contribution in [0.2, 0.25) is 0 Å². The Morgan fingerprint density at radius 2 is 1.42 bits per heavy atom. The number of benzene rings is 3. The first-order valence-electron chi connectivity index (χ1n) is 14.2. The van der Waals surface area contributed by atoms with Gasteiger partial charge in [0.1, 0.15) is 29.8 Å². The summed E-state index contributed by atoms with van der Waals surface area (Å²) in [5.74, 6) is -0.661. The largest absolute Gasteiger partial charge is 0.459 e. The fraction of sp³-hybridized carbons (Fsp3) is 0.294. The molecule has 0 unspecified atom stereocenters. The van der Waals surface area contributed by atoms with Crippen molar-refractivity contribution in [2.75, 3.05) is 6.61 Å². The molecule has 0 amide bonds.